The van der Waals surface area contributed by atoms with E-state index >= 15 is 0 Å². The SMILES string of the molecule is CC(C)Oc1ccccc1-c1cccc2nn3c(C4CCNCC4)cc(=O)[nH]c3c12.Cl. The standard InChI is InChI=1S/C24H26N4O2.ClH/c1-15(2)30-21-9-4-3-6-17(21)18-7-5-8-19-23(18)24-26-22(29)14-20(28(24)27-19)16-10-12-25-13-11-16;/h3-9,14-16,25H,10-13H2,1-2H3,(H,26,29);1H. The molecule has 0 unspecified atom stereocenters. The van der Waals surface area contributed by atoms with Crippen molar-refractivity contribution in [3.8, 4) is 16.9 Å². The van der Waals surface area contributed by atoms with Gasteiger partial charge < -0.3 is 15.0 Å². The molecule has 0 saturated carbocycles. The van der Waals surface area contributed by atoms with Crippen LogP contribution in [0, 0.1) is 0 Å². The van der Waals surface area contributed by atoms with Crippen molar-refractivity contribution >= 4 is 29.0 Å². The highest BCUT2D eigenvalue weighted by atomic mass is 35.5. The number of benzene rings is 2. The van der Waals surface area contributed by atoms with Crippen molar-refractivity contribution in [1.29, 1.82) is 0 Å². The molecule has 1 saturated heterocycles. The molecule has 7 heteroatoms. The summed E-state index contributed by atoms with van der Waals surface area (Å²) in [5.41, 5.74) is 4.53. The highest BCUT2D eigenvalue weighted by Crippen LogP contribution is 2.37. The quantitative estimate of drug-likeness (QED) is 0.491. The number of para-hydroxylation sites is 1. The molecule has 4 aromatic rings. The first-order valence-electron chi connectivity index (χ1n) is 10.6. The zero-order chi connectivity index (χ0) is 20.7. The maximum Gasteiger partial charge on any atom is 0.251 e. The Balaban J connectivity index is 0.00000231. The number of halogens is 1. The Bertz CT molecular complexity index is 1270. The molecule has 0 spiro atoms. The number of H-pyrrole nitrogens is 1. The molecule has 31 heavy (non-hydrogen) atoms. The molecule has 1 aliphatic rings. The van der Waals surface area contributed by atoms with Crippen molar-refractivity contribution in [2.24, 2.45) is 0 Å². The van der Waals surface area contributed by atoms with E-state index in [0.717, 1.165) is 65.1 Å². The summed E-state index contributed by atoms with van der Waals surface area (Å²) >= 11 is 0. The monoisotopic (exact) mass is 438 g/mol. The van der Waals surface area contributed by atoms with Crippen molar-refractivity contribution in [2.45, 2.75) is 38.7 Å². The molecular weight excluding hydrogens is 412 g/mol. The summed E-state index contributed by atoms with van der Waals surface area (Å²) in [6.07, 6.45) is 2.08. The van der Waals surface area contributed by atoms with Crippen LogP contribution in [0.5, 0.6) is 5.75 Å². The van der Waals surface area contributed by atoms with E-state index in [2.05, 4.69) is 22.4 Å². The van der Waals surface area contributed by atoms with Gasteiger partial charge in [-0.2, -0.15) is 5.10 Å². The van der Waals surface area contributed by atoms with Crippen LogP contribution in [0.15, 0.2) is 53.3 Å². The second-order valence-corrected chi connectivity index (χ2v) is 8.21. The third-order valence-corrected chi connectivity index (χ3v) is 5.76. The number of nitrogens with one attached hydrogen (secondary N) is 2. The summed E-state index contributed by atoms with van der Waals surface area (Å²) in [5.74, 6) is 1.15. The third kappa shape index (κ3) is 3.93. The number of hydrogen-bond acceptors (Lipinski definition) is 4. The van der Waals surface area contributed by atoms with Gasteiger partial charge in [-0.1, -0.05) is 30.3 Å². The number of aromatic nitrogens is 3. The zero-order valence-electron chi connectivity index (χ0n) is 17.7. The Hall–Kier alpha value is -2.83. The summed E-state index contributed by atoms with van der Waals surface area (Å²) in [6, 6.07) is 15.8. The van der Waals surface area contributed by atoms with Crippen molar-refractivity contribution in [3.63, 3.8) is 0 Å². The largest absolute Gasteiger partial charge is 0.490 e. The molecule has 2 N–H and O–H groups in total. The van der Waals surface area contributed by atoms with E-state index in [1.54, 1.807) is 6.07 Å². The van der Waals surface area contributed by atoms with Crippen LogP contribution < -0.4 is 15.6 Å². The van der Waals surface area contributed by atoms with E-state index in [9.17, 15) is 4.79 Å². The first-order valence-corrected chi connectivity index (χ1v) is 10.6. The van der Waals surface area contributed by atoms with E-state index in [0.29, 0.717) is 5.92 Å². The molecule has 6 nitrogen and oxygen atoms in total. The smallest absolute Gasteiger partial charge is 0.251 e. The Morgan fingerprint density at radius 2 is 1.81 bits per heavy atom. The molecule has 2 aromatic heterocycles. The van der Waals surface area contributed by atoms with Gasteiger partial charge in [0, 0.05) is 17.5 Å². The van der Waals surface area contributed by atoms with Gasteiger partial charge in [-0.25, -0.2) is 4.52 Å². The van der Waals surface area contributed by atoms with Crippen molar-refractivity contribution in [1.82, 2.24) is 19.9 Å². The minimum absolute atomic E-state index is 0. The maximum atomic E-state index is 12.6. The van der Waals surface area contributed by atoms with Gasteiger partial charge in [0.15, 0.2) is 0 Å². The number of hydrogen-bond donors (Lipinski definition) is 2. The number of ether oxygens (including phenoxy) is 1. The minimum Gasteiger partial charge on any atom is -0.490 e. The van der Waals surface area contributed by atoms with Crippen molar-refractivity contribution in [2.75, 3.05) is 13.1 Å². The molecule has 1 aliphatic heterocycles. The van der Waals surface area contributed by atoms with E-state index < -0.39 is 0 Å². The molecule has 162 valence electrons. The fourth-order valence-electron chi connectivity index (χ4n) is 4.47. The van der Waals surface area contributed by atoms with Crippen molar-refractivity contribution in [3.05, 3.63) is 64.6 Å². The fraction of sp³-hybridized carbons (Fsp3) is 0.333. The molecule has 2 aromatic carbocycles. The van der Waals surface area contributed by atoms with Gasteiger partial charge in [-0.3, -0.25) is 4.79 Å². The summed E-state index contributed by atoms with van der Waals surface area (Å²) in [4.78, 5) is 15.7. The number of piperidine rings is 1. The van der Waals surface area contributed by atoms with Gasteiger partial charge in [0.1, 0.15) is 11.4 Å². The second-order valence-electron chi connectivity index (χ2n) is 8.21. The normalized spacial score (nSPS) is 14.8. The summed E-state index contributed by atoms with van der Waals surface area (Å²) in [5, 5.41) is 9.24. The maximum absolute atomic E-state index is 12.6. The van der Waals surface area contributed by atoms with Gasteiger partial charge in [0.25, 0.3) is 5.56 Å². The van der Waals surface area contributed by atoms with Crippen LogP contribution in [-0.2, 0) is 0 Å². The molecular formula is C24H27ClN4O2. The van der Waals surface area contributed by atoms with E-state index in [1.165, 1.54) is 0 Å². The van der Waals surface area contributed by atoms with E-state index in [4.69, 9.17) is 9.84 Å². The van der Waals surface area contributed by atoms with Gasteiger partial charge >= 0.3 is 0 Å². The fourth-order valence-corrected chi connectivity index (χ4v) is 4.47. The average molecular weight is 439 g/mol. The Kier molecular flexibility index (Phi) is 6.03. The third-order valence-electron chi connectivity index (χ3n) is 5.76. The first-order chi connectivity index (χ1) is 14.6. The zero-order valence-corrected chi connectivity index (χ0v) is 18.5. The van der Waals surface area contributed by atoms with Gasteiger partial charge in [-0.05, 0) is 57.5 Å². The van der Waals surface area contributed by atoms with Crippen LogP contribution in [0.25, 0.3) is 27.7 Å². The van der Waals surface area contributed by atoms with Crippen LogP contribution >= 0.6 is 12.4 Å². The van der Waals surface area contributed by atoms with Crippen LogP contribution in [0.3, 0.4) is 0 Å². The molecule has 0 radical (unpaired) electrons. The second kappa shape index (κ2) is 8.73. The van der Waals surface area contributed by atoms with Gasteiger partial charge in [0.2, 0.25) is 0 Å². The predicted molar refractivity (Wildman–Crippen MR) is 127 cm³/mol. The van der Waals surface area contributed by atoms with Crippen LogP contribution in [-0.4, -0.2) is 33.8 Å². The summed E-state index contributed by atoms with van der Waals surface area (Å²) in [7, 11) is 0. The van der Waals surface area contributed by atoms with Crippen molar-refractivity contribution < 1.29 is 4.74 Å². The number of nitrogens with zero attached hydrogens (tertiary/aromatic N) is 2. The lowest BCUT2D eigenvalue weighted by atomic mass is 9.94. The predicted octanol–water partition coefficient (Wildman–Crippen LogP) is 4.52. The molecule has 5 rings (SSSR count). The molecule has 0 aliphatic carbocycles. The first kappa shape index (κ1) is 21.4. The average Bonchev–Trinajstić information content (AvgIpc) is 3.12. The Morgan fingerprint density at radius 1 is 1.06 bits per heavy atom. The highest BCUT2D eigenvalue weighted by Gasteiger charge is 2.22. The topological polar surface area (TPSA) is 71.4 Å². The van der Waals surface area contributed by atoms with Crippen LogP contribution in [0.1, 0.15) is 38.3 Å². The molecule has 3 heterocycles. The Morgan fingerprint density at radius 3 is 2.58 bits per heavy atom. The lowest BCUT2D eigenvalue weighted by molar-refractivity contribution is 0.243. The molecule has 1 fully saturated rings. The lowest BCUT2D eigenvalue weighted by Gasteiger charge is -2.23. The number of rotatable bonds is 4. The van der Waals surface area contributed by atoms with E-state index in [1.807, 2.05) is 48.7 Å². The van der Waals surface area contributed by atoms with Crippen LogP contribution in [0.2, 0.25) is 0 Å². The highest BCUT2D eigenvalue weighted by molar-refractivity contribution is 6.04. The molecule has 0 atom stereocenters. The van der Waals surface area contributed by atoms with Gasteiger partial charge in [-0.15, -0.1) is 12.4 Å². The van der Waals surface area contributed by atoms with Crippen LogP contribution in [0.4, 0.5) is 0 Å². The molecule has 0 amide bonds. The number of aromatic amines is 1. The summed E-state index contributed by atoms with van der Waals surface area (Å²) in [6.45, 7) is 5.97. The molecule has 0 bridgehead atoms. The van der Waals surface area contributed by atoms with E-state index in [-0.39, 0.29) is 24.1 Å². The van der Waals surface area contributed by atoms with Gasteiger partial charge in [0.05, 0.1) is 22.7 Å². The lowest BCUT2D eigenvalue weighted by Crippen LogP contribution is -2.28. The number of fused-ring (bicyclic) bond motifs is 3. The Labute approximate surface area is 187 Å². The minimum atomic E-state index is -0.0839. The summed E-state index contributed by atoms with van der Waals surface area (Å²) < 4.78 is 8.02.